The van der Waals surface area contributed by atoms with Gasteiger partial charge in [-0.1, -0.05) is 56.7 Å². The third-order valence-corrected chi connectivity index (χ3v) is 6.27. The fourth-order valence-electron chi connectivity index (χ4n) is 4.09. The van der Waals surface area contributed by atoms with E-state index in [1.165, 1.54) is 37.5 Å². The quantitative estimate of drug-likeness (QED) is 0.210. The van der Waals surface area contributed by atoms with Crippen LogP contribution in [-0.4, -0.2) is 31.1 Å². The first-order valence-electron chi connectivity index (χ1n) is 14.7. The first-order chi connectivity index (χ1) is 20.7. The number of carbonyl (C=O) groups is 3. The van der Waals surface area contributed by atoms with E-state index in [-0.39, 0.29) is 28.5 Å². The van der Waals surface area contributed by atoms with Crippen LogP contribution in [0.1, 0.15) is 92.0 Å². The van der Waals surface area contributed by atoms with E-state index in [4.69, 9.17) is 14.2 Å². The molecule has 0 atom stereocenters. The zero-order valence-corrected chi connectivity index (χ0v) is 25.4. The van der Waals surface area contributed by atoms with Crippen LogP contribution in [0.4, 0.5) is 5.69 Å². The van der Waals surface area contributed by atoms with Crippen molar-refractivity contribution in [1.29, 1.82) is 0 Å². The van der Waals surface area contributed by atoms with Crippen LogP contribution in [0.15, 0.2) is 60.7 Å². The van der Waals surface area contributed by atoms with Crippen molar-refractivity contribution in [2.75, 3.05) is 18.5 Å². The summed E-state index contributed by atoms with van der Waals surface area (Å²) < 4.78 is 16.2. The average molecular weight is 592 g/mol. The summed E-state index contributed by atoms with van der Waals surface area (Å²) in [4.78, 5) is 34.0. The van der Waals surface area contributed by atoms with Crippen molar-refractivity contribution < 1.29 is 38.8 Å². The Morgan fingerprint density at radius 2 is 1.28 bits per heavy atom. The Bertz CT molecular complexity index is 1320. The predicted octanol–water partition coefficient (Wildman–Crippen LogP) is 5.69. The van der Waals surface area contributed by atoms with Gasteiger partial charge >= 0.3 is 0 Å². The first kappa shape index (κ1) is 34.7. The number of aryl methyl sites for hydroxylation is 1. The summed E-state index contributed by atoms with van der Waals surface area (Å²) in [6, 6.07) is 16.7. The molecule has 9 nitrogen and oxygen atoms in total. The monoisotopic (exact) mass is 591 g/mol. The molecule has 0 unspecified atom stereocenters. The van der Waals surface area contributed by atoms with E-state index < -0.39 is 11.9 Å². The molecule has 0 aromatic heterocycles. The van der Waals surface area contributed by atoms with Crippen molar-refractivity contribution in [3.05, 3.63) is 77.4 Å². The van der Waals surface area contributed by atoms with Gasteiger partial charge in [-0.3, -0.25) is 4.79 Å². The molecule has 3 aromatic carbocycles. The fourth-order valence-corrected chi connectivity index (χ4v) is 4.09. The molecule has 0 aliphatic carbocycles. The molecule has 3 aromatic rings. The predicted molar refractivity (Wildman–Crippen MR) is 162 cm³/mol. The Morgan fingerprint density at radius 3 is 1.91 bits per heavy atom. The maximum atomic E-state index is 11.9. The summed E-state index contributed by atoms with van der Waals surface area (Å²) in [6.45, 7) is 8.46. The third-order valence-electron chi connectivity index (χ3n) is 6.27. The number of carboxylic acid groups (broad SMARTS) is 2. The highest BCUT2D eigenvalue weighted by atomic mass is 16.5. The molecule has 43 heavy (non-hydrogen) atoms. The zero-order chi connectivity index (χ0) is 31.6. The van der Waals surface area contributed by atoms with E-state index >= 15 is 0 Å². The Balaban J connectivity index is 0.000000303. The summed E-state index contributed by atoms with van der Waals surface area (Å²) >= 11 is 0. The smallest absolute Gasteiger partial charge is 0.224 e. The second-order valence-corrected chi connectivity index (χ2v) is 9.79. The molecule has 0 aliphatic rings. The number of rotatable bonds is 16. The van der Waals surface area contributed by atoms with Crippen LogP contribution in [-0.2, 0) is 4.79 Å². The average Bonchev–Trinajstić information content (AvgIpc) is 2.97. The highest BCUT2D eigenvalue weighted by Crippen LogP contribution is 2.28. The molecular weight excluding hydrogens is 550 g/mol. The molecule has 0 spiro atoms. The van der Waals surface area contributed by atoms with E-state index in [1.54, 1.807) is 32.0 Å². The molecule has 0 bridgehead atoms. The van der Waals surface area contributed by atoms with Gasteiger partial charge in [0.25, 0.3) is 0 Å². The van der Waals surface area contributed by atoms with Crippen LogP contribution in [0.2, 0.25) is 0 Å². The number of ether oxygens (including phenoxy) is 3. The van der Waals surface area contributed by atoms with E-state index in [2.05, 4.69) is 12.2 Å². The zero-order valence-electron chi connectivity index (χ0n) is 25.4. The molecule has 9 heteroatoms. The SMILES string of the molecule is CCCCCCCCC(=O)Nc1ccc(OCC)c(C(=O)[O-])c1.CCOc1cc(Oc2ccc(C)cc2)ccc1C(=O)[O-]. The molecule has 232 valence electrons. The number of anilines is 1. The summed E-state index contributed by atoms with van der Waals surface area (Å²) in [5.41, 5.74) is 1.55. The summed E-state index contributed by atoms with van der Waals surface area (Å²) in [5, 5.41) is 24.8. The molecule has 0 heterocycles. The van der Waals surface area contributed by atoms with Crippen LogP contribution >= 0.6 is 0 Å². The van der Waals surface area contributed by atoms with Gasteiger partial charge in [-0.2, -0.15) is 0 Å². The van der Waals surface area contributed by atoms with E-state index in [0.717, 1.165) is 24.8 Å². The second-order valence-electron chi connectivity index (χ2n) is 9.79. The Kier molecular flexibility index (Phi) is 15.2. The van der Waals surface area contributed by atoms with Crippen molar-refractivity contribution >= 4 is 23.5 Å². The van der Waals surface area contributed by atoms with Crippen molar-refractivity contribution in [1.82, 2.24) is 0 Å². The molecule has 3 rings (SSSR count). The van der Waals surface area contributed by atoms with Crippen molar-refractivity contribution in [3.8, 4) is 23.0 Å². The molecule has 1 N–H and O–H groups in total. The Morgan fingerprint density at radius 1 is 0.674 bits per heavy atom. The first-order valence-corrected chi connectivity index (χ1v) is 14.7. The minimum Gasteiger partial charge on any atom is -0.545 e. The number of benzene rings is 3. The lowest BCUT2D eigenvalue weighted by Crippen LogP contribution is -2.23. The molecule has 0 fully saturated rings. The van der Waals surface area contributed by atoms with E-state index in [0.29, 0.717) is 36.8 Å². The maximum absolute atomic E-state index is 11.9. The van der Waals surface area contributed by atoms with Gasteiger partial charge in [-0.25, -0.2) is 0 Å². The number of hydrogen-bond acceptors (Lipinski definition) is 8. The number of nitrogens with one attached hydrogen (secondary N) is 1. The lowest BCUT2D eigenvalue weighted by atomic mass is 10.1. The molecule has 0 aliphatic heterocycles. The van der Waals surface area contributed by atoms with Crippen molar-refractivity contribution in [2.24, 2.45) is 0 Å². The molecule has 0 saturated heterocycles. The van der Waals surface area contributed by atoms with Crippen molar-refractivity contribution in [3.63, 3.8) is 0 Å². The summed E-state index contributed by atoms with van der Waals surface area (Å²) in [7, 11) is 0. The highest BCUT2D eigenvalue weighted by molar-refractivity contribution is 5.95. The van der Waals surface area contributed by atoms with Crippen LogP contribution in [0.3, 0.4) is 0 Å². The fraction of sp³-hybridized carbons (Fsp3) is 0.382. The minimum atomic E-state index is -1.32. The van der Waals surface area contributed by atoms with Gasteiger partial charge in [0.2, 0.25) is 5.91 Å². The van der Waals surface area contributed by atoms with E-state index in [1.807, 2.05) is 31.2 Å². The van der Waals surface area contributed by atoms with Gasteiger partial charge < -0.3 is 39.3 Å². The minimum absolute atomic E-state index is 0.0168. The highest BCUT2D eigenvalue weighted by Gasteiger charge is 2.09. The summed E-state index contributed by atoms with van der Waals surface area (Å²) in [6.07, 6.45) is 7.15. The second kappa shape index (κ2) is 18.8. The molecule has 0 radical (unpaired) electrons. The van der Waals surface area contributed by atoms with Crippen LogP contribution < -0.4 is 29.7 Å². The van der Waals surface area contributed by atoms with Crippen LogP contribution in [0.25, 0.3) is 0 Å². The van der Waals surface area contributed by atoms with Gasteiger partial charge in [0.15, 0.2) is 0 Å². The number of carboxylic acids is 2. The van der Waals surface area contributed by atoms with Gasteiger partial charge in [-0.15, -0.1) is 0 Å². The lowest BCUT2D eigenvalue weighted by Gasteiger charge is -2.13. The Labute approximate surface area is 253 Å². The standard InChI is InChI=1S/C18H27NO4.C16H16O4/c1-3-5-6-7-8-9-10-17(20)19-14-11-12-16(23-4-2)15(13-14)18(21)22;1-3-19-15-10-13(8-9-14(15)16(17)18)20-12-6-4-11(2)5-7-12/h11-13H,3-10H2,1-2H3,(H,19,20)(H,21,22);4-10H,3H2,1-2H3,(H,17,18)/p-2. The lowest BCUT2D eigenvalue weighted by molar-refractivity contribution is -0.256. The summed E-state index contributed by atoms with van der Waals surface area (Å²) in [5.74, 6) is -0.996. The van der Waals surface area contributed by atoms with E-state index in [9.17, 15) is 24.6 Å². The van der Waals surface area contributed by atoms with Gasteiger partial charge in [0, 0.05) is 29.3 Å². The van der Waals surface area contributed by atoms with Crippen LogP contribution in [0.5, 0.6) is 23.0 Å². The number of aromatic carboxylic acids is 2. The molecule has 0 saturated carbocycles. The number of carbonyl (C=O) groups excluding carboxylic acids is 3. The largest absolute Gasteiger partial charge is 0.545 e. The number of unbranched alkanes of at least 4 members (excludes halogenated alkanes) is 5. The van der Waals surface area contributed by atoms with Crippen molar-refractivity contribution in [2.45, 2.75) is 72.6 Å². The Hall–Kier alpha value is -4.53. The van der Waals surface area contributed by atoms with Crippen LogP contribution in [0, 0.1) is 6.92 Å². The van der Waals surface area contributed by atoms with Gasteiger partial charge in [0.05, 0.1) is 25.2 Å². The molecule has 1 amide bonds. The third kappa shape index (κ3) is 12.5. The number of hydrogen-bond donors (Lipinski definition) is 1. The maximum Gasteiger partial charge on any atom is 0.224 e. The van der Waals surface area contributed by atoms with Gasteiger partial charge in [-0.05, 0) is 69.7 Å². The normalized spacial score (nSPS) is 10.2. The molecular formula is C34H41NO8-2. The number of amides is 1. The van der Waals surface area contributed by atoms with Gasteiger partial charge in [0.1, 0.15) is 23.0 Å². The topological polar surface area (TPSA) is 137 Å².